The van der Waals surface area contributed by atoms with Crippen LogP contribution in [0, 0.1) is 0 Å². The Hall–Kier alpha value is -0.610. The molecule has 1 heterocycles. The summed E-state index contributed by atoms with van der Waals surface area (Å²) in [5.74, 6) is 0.131. The van der Waals surface area contributed by atoms with Crippen LogP contribution in [0.5, 0.6) is 0 Å². The Kier molecular flexibility index (Phi) is 2.84. The maximum atomic E-state index is 11.1. The summed E-state index contributed by atoms with van der Waals surface area (Å²) in [5.41, 5.74) is 3.01. The Morgan fingerprint density at radius 2 is 2.55 bits per heavy atom. The highest BCUT2D eigenvalue weighted by atomic mass is 16.3. The van der Waals surface area contributed by atoms with Crippen LogP contribution >= 0.6 is 0 Å². The monoisotopic (exact) mass is 158 g/mol. The molecule has 1 fully saturated rings. The molecule has 1 aliphatic heterocycles. The van der Waals surface area contributed by atoms with Crippen LogP contribution in [0.3, 0.4) is 0 Å². The lowest BCUT2D eigenvalue weighted by atomic mass is 10.3. The lowest BCUT2D eigenvalue weighted by Crippen LogP contribution is -2.37. The van der Waals surface area contributed by atoms with Crippen molar-refractivity contribution in [2.75, 3.05) is 13.2 Å². The molecule has 1 aliphatic rings. The number of rotatable bonds is 3. The molecule has 1 rings (SSSR count). The van der Waals surface area contributed by atoms with Gasteiger partial charge in [0, 0.05) is 25.6 Å². The standard InChI is InChI=1S/C7H14N2O2/c1-6-5-7(11)9(8-6)3-2-4-10/h6,8,10H,2-5H2,1H3. The number of nitrogens with one attached hydrogen (secondary N) is 1. The van der Waals surface area contributed by atoms with Crippen LogP contribution in [0.4, 0.5) is 0 Å². The van der Waals surface area contributed by atoms with Crippen molar-refractivity contribution in [3.05, 3.63) is 0 Å². The van der Waals surface area contributed by atoms with Gasteiger partial charge in [0.05, 0.1) is 0 Å². The van der Waals surface area contributed by atoms with Crippen molar-refractivity contribution < 1.29 is 9.90 Å². The van der Waals surface area contributed by atoms with Crippen molar-refractivity contribution in [2.24, 2.45) is 0 Å². The summed E-state index contributed by atoms with van der Waals surface area (Å²) < 4.78 is 0. The first-order valence-electron chi connectivity index (χ1n) is 3.91. The molecule has 0 spiro atoms. The SMILES string of the molecule is CC1CC(=O)N(CCCO)N1. The summed E-state index contributed by atoms with van der Waals surface area (Å²) in [4.78, 5) is 11.1. The molecule has 0 bridgehead atoms. The Morgan fingerprint density at radius 1 is 1.82 bits per heavy atom. The maximum Gasteiger partial charge on any atom is 0.238 e. The van der Waals surface area contributed by atoms with Gasteiger partial charge < -0.3 is 5.11 Å². The molecule has 0 radical (unpaired) electrons. The summed E-state index contributed by atoms with van der Waals surface area (Å²) in [5, 5.41) is 10.1. The minimum absolute atomic E-state index is 0.131. The molecule has 1 amide bonds. The third kappa shape index (κ3) is 2.17. The number of hydrogen-bond acceptors (Lipinski definition) is 3. The highest BCUT2D eigenvalue weighted by molar-refractivity contribution is 5.78. The van der Waals surface area contributed by atoms with E-state index < -0.39 is 0 Å². The van der Waals surface area contributed by atoms with Crippen LogP contribution in [0.15, 0.2) is 0 Å². The van der Waals surface area contributed by atoms with Gasteiger partial charge in [0.25, 0.3) is 0 Å². The van der Waals surface area contributed by atoms with Crippen molar-refractivity contribution in [2.45, 2.75) is 25.8 Å². The number of hydrogen-bond donors (Lipinski definition) is 2. The minimum atomic E-state index is 0.131. The van der Waals surface area contributed by atoms with Crippen LogP contribution in [-0.4, -0.2) is 35.2 Å². The van der Waals surface area contributed by atoms with Crippen molar-refractivity contribution in [1.29, 1.82) is 0 Å². The third-order valence-electron chi connectivity index (χ3n) is 1.70. The van der Waals surface area contributed by atoms with Crippen LogP contribution in [0.1, 0.15) is 19.8 Å². The highest BCUT2D eigenvalue weighted by Gasteiger charge is 2.24. The van der Waals surface area contributed by atoms with E-state index in [1.54, 1.807) is 5.01 Å². The number of hydrazine groups is 1. The minimum Gasteiger partial charge on any atom is -0.396 e. The van der Waals surface area contributed by atoms with Gasteiger partial charge in [-0.25, -0.2) is 5.43 Å². The van der Waals surface area contributed by atoms with E-state index in [0.717, 1.165) is 0 Å². The predicted octanol–water partition coefficient (Wildman–Crippen LogP) is -0.506. The fraction of sp³-hybridized carbons (Fsp3) is 0.857. The molecule has 0 aliphatic carbocycles. The molecular weight excluding hydrogens is 144 g/mol. The van der Waals surface area contributed by atoms with Gasteiger partial charge in [0.2, 0.25) is 5.91 Å². The van der Waals surface area contributed by atoms with Gasteiger partial charge >= 0.3 is 0 Å². The zero-order valence-corrected chi connectivity index (χ0v) is 6.71. The van der Waals surface area contributed by atoms with Crippen LogP contribution < -0.4 is 5.43 Å². The summed E-state index contributed by atoms with van der Waals surface area (Å²) in [7, 11) is 0. The molecule has 2 N–H and O–H groups in total. The second-order valence-corrected chi connectivity index (χ2v) is 2.86. The fourth-order valence-corrected chi connectivity index (χ4v) is 1.17. The van der Waals surface area contributed by atoms with E-state index in [1.807, 2.05) is 6.92 Å². The first-order chi connectivity index (χ1) is 5.24. The van der Waals surface area contributed by atoms with Crippen LogP contribution in [-0.2, 0) is 4.79 Å². The molecule has 4 heteroatoms. The third-order valence-corrected chi connectivity index (χ3v) is 1.70. The van der Waals surface area contributed by atoms with Crippen LogP contribution in [0.2, 0.25) is 0 Å². The van der Waals surface area contributed by atoms with Gasteiger partial charge in [0.15, 0.2) is 0 Å². The average molecular weight is 158 g/mol. The normalized spacial score (nSPS) is 24.7. The van der Waals surface area contributed by atoms with Crippen molar-refractivity contribution in [3.8, 4) is 0 Å². The van der Waals surface area contributed by atoms with E-state index in [9.17, 15) is 4.79 Å². The molecule has 0 aromatic carbocycles. The van der Waals surface area contributed by atoms with E-state index in [1.165, 1.54) is 0 Å². The van der Waals surface area contributed by atoms with Gasteiger partial charge in [-0.1, -0.05) is 0 Å². The zero-order chi connectivity index (χ0) is 8.27. The summed E-state index contributed by atoms with van der Waals surface area (Å²) >= 11 is 0. The summed E-state index contributed by atoms with van der Waals surface area (Å²) in [6, 6.07) is 0.251. The predicted molar refractivity (Wildman–Crippen MR) is 40.6 cm³/mol. The number of aliphatic hydroxyl groups is 1. The zero-order valence-electron chi connectivity index (χ0n) is 6.71. The summed E-state index contributed by atoms with van der Waals surface area (Å²) in [6.45, 7) is 2.72. The van der Waals surface area contributed by atoms with Gasteiger partial charge in [-0.2, -0.15) is 0 Å². The average Bonchev–Trinajstić information content (AvgIpc) is 2.26. The highest BCUT2D eigenvalue weighted by Crippen LogP contribution is 2.06. The van der Waals surface area contributed by atoms with E-state index in [-0.39, 0.29) is 18.6 Å². The van der Waals surface area contributed by atoms with Gasteiger partial charge in [0.1, 0.15) is 0 Å². The molecule has 64 valence electrons. The Morgan fingerprint density at radius 3 is 3.00 bits per heavy atom. The first-order valence-corrected chi connectivity index (χ1v) is 3.91. The molecular formula is C7H14N2O2. The number of aliphatic hydroxyl groups excluding tert-OH is 1. The number of carbonyl (C=O) groups is 1. The van der Waals surface area contributed by atoms with E-state index >= 15 is 0 Å². The Labute approximate surface area is 66.2 Å². The van der Waals surface area contributed by atoms with Crippen LogP contribution in [0.25, 0.3) is 0 Å². The molecule has 1 saturated heterocycles. The molecule has 0 aromatic heterocycles. The van der Waals surface area contributed by atoms with Gasteiger partial charge in [-0.3, -0.25) is 9.80 Å². The molecule has 1 unspecified atom stereocenters. The molecule has 1 atom stereocenters. The molecule has 11 heavy (non-hydrogen) atoms. The summed E-state index contributed by atoms with van der Waals surface area (Å²) in [6.07, 6.45) is 1.22. The quantitative estimate of drug-likeness (QED) is 0.582. The molecule has 0 aromatic rings. The largest absolute Gasteiger partial charge is 0.396 e. The number of carbonyl (C=O) groups excluding carboxylic acids is 1. The van der Waals surface area contributed by atoms with E-state index in [4.69, 9.17) is 5.11 Å². The number of amides is 1. The smallest absolute Gasteiger partial charge is 0.238 e. The molecule has 4 nitrogen and oxygen atoms in total. The second-order valence-electron chi connectivity index (χ2n) is 2.86. The Balaban J connectivity index is 2.29. The van der Waals surface area contributed by atoms with Crippen molar-refractivity contribution in [1.82, 2.24) is 10.4 Å². The lowest BCUT2D eigenvalue weighted by molar-refractivity contribution is -0.129. The Bertz CT molecular complexity index is 149. The van der Waals surface area contributed by atoms with Crippen molar-refractivity contribution in [3.63, 3.8) is 0 Å². The van der Waals surface area contributed by atoms with Gasteiger partial charge in [-0.05, 0) is 13.3 Å². The van der Waals surface area contributed by atoms with E-state index in [2.05, 4.69) is 5.43 Å². The maximum absolute atomic E-state index is 11.1. The number of nitrogens with zero attached hydrogens (tertiary/aromatic N) is 1. The molecule has 0 saturated carbocycles. The first kappa shape index (κ1) is 8.49. The second kappa shape index (κ2) is 3.69. The lowest BCUT2D eigenvalue weighted by Gasteiger charge is -2.15. The fourth-order valence-electron chi connectivity index (χ4n) is 1.17. The topological polar surface area (TPSA) is 52.6 Å². The van der Waals surface area contributed by atoms with E-state index in [0.29, 0.717) is 19.4 Å². The van der Waals surface area contributed by atoms with Gasteiger partial charge in [-0.15, -0.1) is 0 Å². The van der Waals surface area contributed by atoms with Crippen molar-refractivity contribution >= 4 is 5.91 Å².